The first-order chi connectivity index (χ1) is 42.7. The number of benzene rings is 6. The minimum Gasteiger partial charge on any atom is -0.508 e. The van der Waals surface area contributed by atoms with Crippen LogP contribution in [0.15, 0.2) is 109 Å². The third-order valence-electron chi connectivity index (χ3n) is 13.3. The van der Waals surface area contributed by atoms with Crippen LogP contribution < -0.4 is 25.4 Å². The molecule has 6 aromatic rings. The second kappa shape index (κ2) is 41.0. The summed E-state index contributed by atoms with van der Waals surface area (Å²) in [4.78, 5) is 73.2. The maximum absolute atomic E-state index is 12.6. The molecule has 482 valence electrons. The van der Waals surface area contributed by atoms with Crippen molar-refractivity contribution in [2.24, 2.45) is 0 Å². The lowest BCUT2D eigenvalue weighted by molar-refractivity contribution is -0.147. The number of nitrogens with one attached hydrogen (secondary N) is 3. The number of hydrogen-bond acceptors (Lipinski definition) is 14. The first kappa shape index (κ1) is 78.5. The number of carbonyl (C=O) groups is 6. The molecule has 0 aliphatic carbocycles. The lowest BCUT2D eigenvalue weighted by Crippen LogP contribution is -2.43. The summed E-state index contributed by atoms with van der Waals surface area (Å²) in [7, 11) is 0. The van der Waals surface area contributed by atoms with Gasteiger partial charge in [-0.25, -0.2) is 14.4 Å². The molecule has 23 heteroatoms. The highest BCUT2D eigenvalue weighted by Crippen LogP contribution is 2.25. The van der Waals surface area contributed by atoms with Crippen molar-refractivity contribution in [3.05, 3.63) is 181 Å². The molecule has 0 bridgehead atoms. The second-order valence-electron chi connectivity index (χ2n) is 20.4. The maximum atomic E-state index is 12.6. The third kappa shape index (κ3) is 28.8. The molecule has 0 aliphatic rings. The number of rotatable bonds is 26. The van der Waals surface area contributed by atoms with Crippen LogP contribution in [0.3, 0.4) is 0 Å². The smallest absolute Gasteiger partial charge is 0.328 e. The number of hydrogen-bond donors (Lipinski definition) is 4. The lowest BCUT2D eigenvalue weighted by Gasteiger charge is -2.19. The molecule has 15 nitrogen and oxygen atoms in total. The van der Waals surface area contributed by atoms with Crippen LogP contribution in [0.4, 0.5) is 0 Å². The number of esters is 5. The molecule has 1 amide bonds. The Hall–Kier alpha value is -3.90. The summed E-state index contributed by atoms with van der Waals surface area (Å²) in [6.07, 6.45) is 4.92. The van der Waals surface area contributed by atoms with Gasteiger partial charge in [0.05, 0.1) is 29.8 Å². The average Bonchev–Trinajstić information content (AvgIpc) is 3.70. The fourth-order valence-electron chi connectivity index (χ4n) is 8.47. The van der Waals surface area contributed by atoms with Crippen LogP contribution in [0.25, 0.3) is 0 Å². The van der Waals surface area contributed by atoms with Crippen LogP contribution in [0.1, 0.15) is 104 Å². The Morgan fingerprint density at radius 3 is 0.967 bits per heavy atom. The summed E-state index contributed by atoms with van der Waals surface area (Å²) in [5.74, 6) is -1.03. The van der Waals surface area contributed by atoms with Gasteiger partial charge in [-0.2, -0.15) is 0 Å². The second-order valence-corrected chi connectivity index (χ2v) is 28.4. The van der Waals surface area contributed by atoms with E-state index in [1.807, 2.05) is 12.1 Å². The number of carbonyl (C=O) groups excluding carboxylic acids is 6. The minimum atomic E-state index is -0.787. The van der Waals surface area contributed by atoms with Crippen molar-refractivity contribution < 1.29 is 57.6 Å². The molecular formula is C67H73I6N3O12S2. The topological polar surface area (TPSA) is 205 Å². The number of aromatic hydroxyl groups is 1. The Balaban J connectivity index is 0.000000289. The number of amides is 1. The maximum Gasteiger partial charge on any atom is 0.328 e. The van der Waals surface area contributed by atoms with E-state index in [0.29, 0.717) is 66.8 Å². The largest absolute Gasteiger partial charge is 0.508 e. The first-order valence-corrected chi connectivity index (χ1v) is 36.0. The fourth-order valence-corrected chi connectivity index (χ4v) is 14.6. The Labute approximate surface area is 620 Å². The van der Waals surface area contributed by atoms with E-state index in [1.165, 1.54) is 63.1 Å². The quantitative estimate of drug-likeness (QED) is 0.0131. The zero-order valence-corrected chi connectivity index (χ0v) is 65.7. The normalized spacial score (nSPS) is 11.6. The number of thiocarbonyl (C=S) groups is 2. The Morgan fingerprint density at radius 1 is 0.422 bits per heavy atom. The standard InChI is InChI=1S/C23H25I2NO5.C23H25I2NO4S.C21H23I2NO3S/c1-4-30-23(29)21(13-16-5-8-18(9-6-16)31-15(3)27)26-22(28)10-7-17-11-19(24)14(2)20(25)12-17;1-4-29-23(28)21(13-16-5-8-18(9-6-16)30-15(3)27)26-22(31)10-7-17-11-19(24)14(2)20(25)12-17;1-3-27-21(26)19(12-14-4-7-16(25)8-5-14)24-20(28)9-6-15-10-17(22)13(2)18(23)11-15/h5-6,8-9,11-12,21H,4,7,10,13H2,1-3H3,(H,26,28);5-6,8-9,11-12,21H,4,7,10,13H2,1-3H3,(H,26,31);4-5,7-8,10-11,19,25H,3,6,9,12H2,1-2H3,(H,24,28). The van der Waals surface area contributed by atoms with Gasteiger partial charge < -0.3 is 44.7 Å². The minimum absolute atomic E-state index is 0.197. The number of ether oxygens (including phenoxy) is 5. The van der Waals surface area contributed by atoms with Crippen molar-refractivity contribution in [2.75, 3.05) is 19.8 Å². The Kier molecular flexibility index (Phi) is 35.8. The highest BCUT2D eigenvalue weighted by Gasteiger charge is 2.25. The number of phenols is 1. The van der Waals surface area contributed by atoms with Crippen molar-refractivity contribution in [3.63, 3.8) is 0 Å². The fraction of sp³-hybridized carbons (Fsp3) is 0.343. The molecule has 0 heterocycles. The summed E-state index contributed by atoms with van der Waals surface area (Å²) < 4.78 is 32.9. The van der Waals surface area contributed by atoms with Crippen molar-refractivity contribution >= 4 is 206 Å². The molecule has 0 radical (unpaired) electrons. The molecule has 0 aliphatic heterocycles. The van der Waals surface area contributed by atoms with Gasteiger partial charge in [0.15, 0.2) is 0 Å². The summed E-state index contributed by atoms with van der Waals surface area (Å²) in [5.41, 5.74) is 10.00. The van der Waals surface area contributed by atoms with Gasteiger partial charge in [-0.3, -0.25) is 14.4 Å². The molecule has 0 aromatic heterocycles. The summed E-state index contributed by atoms with van der Waals surface area (Å²) in [5, 5.41) is 18.6. The van der Waals surface area contributed by atoms with Gasteiger partial charge in [0, 0.05) is 73.8 Å². The molecule has 6 aromatic carbocycles. The predicted molar refractivity (Wildman–Crippen MR) is 410 cm³/mol. The van der Waals surface area contributed by atoms with Crippen LogP contribution in [0, 0.1) is 42.2 Å². The van der Waals surface area contributed by atoms with Gasteiger partial charge >= 0.3 is 29.8 Å². The predicted octanol–water partition coefficient (Wildman–Crippen LogP) is 14.4. The highest BCUT2D eigenvalue weighted by molar-refractivity contribution is 14.1. The Morgan fingerprint density at radius 2 is 0.689 bits per heavy atom. The Bertz CT molecular complexity index is 3220. The summed E-state index contributed by atoms with van der Waals surface area (Å²) >= 11 is 25.0. The lowest BCUT2D eigenvalue weighted by atomic mass is 10.0. The van der Waals surface area contributed by atoms with Gasteiger partial charge in [0.2, 0.25) is 5.91 Å². The summed E-state index contributed by atoms with van der Waals surface area (Å²) in [6.45, 7) is 15.1. The van der Waals surface area contributed by atoms with E-state index in [9.17, 15) is 33.9 Å². The van der Waals surface area contributed by atoms with E-state index >= 15 is 0 Å². The van der Waals surface area contributed by atoms with E-state index in [-0.39, 0.29) is 49.0 Å². The van der Waals surface area contributed by atoms with E-state index < -0.39 is 30.1 Å². The van der Waals surface area contributed by atoms with Crippen molar-refractivity contribution in [3.8, 4) is 17.2 Å². The van der Waals surface area contributed by atoms with Gasteiger partial charge in [-0.05, 0) is 319 Å². The molecule has 0 saturated carbocycles. The molecule has 3 unspecified atom stereocenters. The van der Waals surface area contributed by atoms with E-state index in [2.05, 4.69) is 209 Å². The highest BCUT2D eigenvalue weighted by atomic mass is 127. The third-order valence-corrected chi connectivity index (χ3v) is 20.7. The number of aryl methyl sites for hydroxylation is 3. The molecule has 0 saturated heterocycles. The number of phenolic OH excluding ortho intramolecular Hbond substituents is 1. The number of halogens is 6. The van der Waals surface area contributed by atoms with Crippen LogP contribution in [0.2, 0.25) is 0 Å². The van der Waals surface area contributed by atoms with Crippen LogP contribution in [-0.2, 0) is 81.5 Å². The van der Waals surface area contributed by atoms with Crippen LogP contribution in [0.5, 0.6) is 17.2 Å². The zero-order chi connectivity index (χ0) is 66.6. The van der Waals surface area contributed by atoms with Gasteiger partial charge in [0.25, 0.3) is 0 Å². The van der Waals surface area contributed by atoms with Crippen LogP contribution in [-0.4, -0.2) is 88.8 Å². The summed E-state index contributed by atoms with van der Waals surface area (Å²) in [6, 6.07) is 31.7. The van der Waals surface area contributed by atoms with Gasteiger partial charge in [0.1, 0.15) is 35.4 Å². The molecule has 4 N–H and O–H groups in total. The monoisotopic (exact) mass is 1940 g/mol. The molecule has 3 atom stereocenters. The first-order valence-electron chi connectivity index (χ1n) is 28.7. The van der Waals surface area contributed by atoms with Gasteiger partial charge in [-0.15, -0.1) is 0 Å². The van der Waals surface area contributed by atoms with Gasteiger partial charge in [-0.1, -0.05) is 60.8 Å². The zero-order valence-electron chi connectivity index (χ0n) is 51.1. The average molecular weight is 1940 g/mol. The SMILES string of the molecule is CCOC(=O)C(Cc1ccc(O)cc1)NC(=S)CCc1cc(I)c(C)c(I)c1.CCOC(=O)C(Cc1ccc(OC(C)=O)cc1)NC(=O)CCc1cc(I)c(C)c(I)c1.CCOC(=O)C(Cc1ccc(OC(C)=O)cc1)NC(=S)CCc1cc(I)c(C)c(I)c1. The molecule has 6 rings (SSSR count). The van der Waals surface area contributed by atoms with E-state index in [4.69, 9.17) is 48.1 Å². The van der Waals surface area contributed by atoms with Crippen LogP contribution >= 0.6 is 160 Å². The van der Waals surface area contributed by atoms with Crippen molar-refractivity contribution in [1.82, 2.24) is 16.0 Å². The molecule has 90 heavy (non-hydrogen) atoms. The molecular weight excluding hydrogens is 1860 g/mol. The molecule has 0 spiro atoms. The van der Waals surface area contributed by atoms with Crippen molar-refractivity contribution in [2.45, 2.75) is 131 Å². The molecule has 0 fully saturated rings. The van der Waals surface area contributed by atoms with E-state index in [1.54, 1.807) is 81.4 Å². The van der Waals surface area contributed by atoms with Crippen molar-refractivity contribution in [1.29, 1.82) is 0 Å². The van der Waals surface area contributed by atoms with E-state index in [0.717, 1.165) is 35.1 Å².